The fraction of sp³-hybridized carbons (Fsp3) is 0.556. The number of hydrogen-bond donors (Lipinski definition) is 1. The molecule has 0 unspecified atom stereocenters. The summed E-state index contributed by atoms with van der Waals surface area (Å²) in [5.74, 6) is 0. The maximum absolute atomic E-state index is 5.70. The van der Waals surface area contributed by atoms with Gasteiger partial charge in [0.15, 0.2) is 0 Å². The molecule has 0 aliphatic heterocycles. The molecule has 0 spiro atoms. The van der Waals surface area contributed by atoms with E-state index in [1.807, 2.05) is 0 Å². The minimum Gasteiger partial charge on any atom is -0.391 e. The van der Waals surface area contributed by atoms with Gasteiger partial charge < -0.3 is 5.73 Å². The molecule has 0 amide bonds. The number of thiophene rings is 1. The van der Waals surface area contributed by atoms with Gasteiger partial charge in [-0.25, -0.2) is 0 Å². The van der Waals surface area contributed by atoms with E-state index in [0.29, 0.717) is 0 Å². The zero-order valence-electron chi connectivity index (χ0n) is 7.18. The Morgan fingerprint density at radius 3 is 2.73 bits per heavy atom. The maximum Gasteiger partial charge on any atom is 0.0862 e. The van der Waals surface area contributed by atoms with Crippen LogP contribution in [-0.4, -0.2) is 0 Å². The number of hydrogen-bond acceptors (Lipinski definition) is 2. The topological polar surface area (TPSA) is 26.0 Å². The van der Waals surface area contributed by atoms with Gasteiger partial charge in [-0.1, -0.05) is 20.3 Å². The Morgan fingerprint density at radius 2 is 2.18 bits per heavy atom. The van der Waals surface area contributed by atoms with Crippen LogP contribution in [0.2, 0.25) is 0 Å². The molecule has 0 saturated carbocycles. The van der Waals surface area contributed by atoms with Crippen LogP contribution >= 0.6 is 11.3 Å². The Balaban J connectivity index is 2.83. The molecule has 11 heavy (non-hydrogen) atoms. The zero-order chi connectivity index (χ0) is 8.27. The summed E-state index contributed by atoms with van der Waals surface area (Å²) in [4.78, 5) is 1.46. The molecule has 0 bridgehead atoms. The van der Waals surface area contributed by atoms with Crippen molar-refractivity contribution in [3.63, 3.8) is 0 Å². The van der Waals surface area contributed by atoms with Crippen LogP contribution in [0.4, 0.5) is 5.00 Å². The Kier molecular flexibility index (Phi) is 2.94. The third kappa shape index (κ3) is 1.96. The molecule has 0 aromatic carbocycles. The highest BCUT2D eigenvalue weighted by molar-refractivity contribution is 7.16. The van der Waals surface area contributed by atoms with E-state index >= 15 is 0 Å². The van der Waals surface area contributed by atoms with Crippen LogP contribution in [0.5, 0.6) is 0 Å². The van der Waals surface area contributed by atoms with Crippen molar-refractivity contribution in [3.05, 3.63) is 16.5 Å². The van der Waals surface area contributed by atoms with Gasteiger partial charge in [0.25, 0.3) is 0 Å². The largest absolute Gasteiger partial charge is 0.391 e. The number of anilines is 1. The van der Waals surface area contributed by atoms with Gasteiger partial charge in [0.05, 0.1) is 5.00 Å². The fourth-order valence-electron chi connectivity index (χ4n) is 1.27. The summed E-state index contributed by atoms with van der Waals surface area (Å²) < 4.78 is 0. The highest BCUT2D eigenvalue weighted by Gasteiger charge is 2.03. The molecule has 62 valence electrons. The molecule has 0 aliphatic rings. The van der Waals surface area contributed by atoms with E-state index in [0.717, 1.165) is 11.4 Å². The van der Waals surface area contributed by atoms with Crippen LogP contribution in [-0.2, 0) is 12.8 Å². The Hall–Kier alpha value is -0.500. The van der Waals surface area contributed by atoms with Crippen LogP contribution in [0.3, 0.4) is 0 Å². The molecule has 0 aliphatic carbocycles. The normalized spacial score (nSPS) is 10.4. The van der Waals surface area contributed by atoms with Crippen LogP contribution in [0.25, 0.3) is 0 Å². The first-order valence-corrected chi connectivity index (χ1v) is 4.96. The lowest BCUT2D eigenvalue weighted by atomic mass is 10.1. The first-order valence-electron chi connectivity index (χ1n) is 4.15. The van der Waals surface area contributed by atoms with E-state index < -0.39 is 0 Å². The molecule has 0 fully saturated rings. The summed E-state index contributed by atoms with van der Waals surface area (Å²) >= 11 is 1.73. The minimum absolute atomic E-state index is 0.963. The summed E-state index contributed by atoms with van der Waals surface area (Å²) in [6, 6.07) is 2.12. The second-order valence-corrected chi connectivity index (χ2v) is 3.87. The first-order chi connectivity index (χ1) is 5.27. The molecule has 1 nitrogen and oxygen atoms in total. The van der Waals surface area contributed by atoms with Crippen molar-refractivity contribution in [2.24, 2.45) is 0 Å². The van der Waals surface area contributed by atoms with Gasteiger partial charge in [-0.2, -0.15) is 0 Å². The third-order valence-electron chi connectivity index (χ3n) is 1.76. The molecule has 2 heteroatoms. The summed E-state index contributed by atoms with van der Waals surface area (Å²) in [6.07, 6.45) is 3.51. The van der Waals surface area contributed by atoms with Crippen LogP contribution in [0, 0.1) is 0 Å². The predicted molar refractivity (Wildman–Crippen MR) is 52.1 cm³/mol. The van der Waals surface area contributed by atoms with Crippen molar-refractivity contribution < 1.29 is 0 Å². The highest BCUT2D eigenvalue weighted by Crippen LogP contribution is 2.25. The lowest BCUT2D eigenvalue weighted by molar-refractivity contribution is 0.910. The smallest absolute Gasteiger partial charge is 0.0862 e. The molecule has 2 N–H and O–H groups in total. The Labute approximate surface area is 72.2 Å². The maximum atomic E-state index is 5.70. The lowest BCUT2D eigenvalue weighted by Crippen LogP contribution is -1.84. The molecule has 0 saturated heterocycles. The van der Waals surface area contributed by atoms with Gasteiger partial charge in [-0.05, 0) is 24.5 Å². The van der Waals surface area contributed by atoms with Crippen molar-refractivity contribution in [2.75, 3.05) is 5.73 Å². The minimum atomic E-state index is 0.963. The Bertz CT molecular complexity index is 227. The molecule has 1 rings (SSSR count). The number of nitrogen functional groups attached to an aromatic ring is 1. The molecule has 1 aromatic rings. The number of rotatable bonds is 3. The zero-order valence-corrected chi connectivity index (χ0v) is 8.00. The van der Waals surface area contributed by atoms with Crippen molar-refractivity contribution in [2.45, 2.75) is 33.1 Å². The Morgan fingerprint density at radius 1 is 1.45 bits per heavy atom. The predicted octanol–water partition coefficient (Wildman–Crippen LogP) is 2.85. The first kappa shape index (κ1) is 8.60. The summed E-state index contributed by atoms with van der Waals surface area (Å²) in [5, 5.41) is 0.963. The second kappa shape index (κ2) is 3.77. The quantitative estimate of drug-likeness (QED) is 0.739. The molecular weight excluding hydrogens is 154 g/mol. The van der Waals surface area contributed by atoms with Crippen molar-refractivity contribution in [1.29, 1.82) is 0 Å². The summed E-state index contributed by atoms with van der Waals surface area (Å²) in [7, 11) is 0. The van der Waals surface area contributed by atoms with E-state index in [9.17, 15) is 0 Å². The van der Waals surface area contributed by atoms with Crippen LogP contribution < -0.4 is 5.73 Å². The van der Waals surface area contributed by atoms with Crippen molar-refractivity contribution in [3.8, 4) is 0 Å². The van der Waals surface area contributed by atoms with Crippen LogP contribution in [0.15, 0.2) is 6.07 Å². The fourth-order valence-corrected chi connectivity index (χ4v) is 2.19. The van der Waals surface area contributed by atoms with Gasteiger partial charge in [-0.3, -0.25) is 0 Å². The van der Waals surface area contributed by atoms with Crippen molar-refractivity contribution in [1.82, 2.24) is 0 Å². The lowest BCUT2D eigenvalue weighted by Gasteiger charge is -1.96. The third-order valence-corrected chi connectivity index (χ3v) is 2.91. The van der Waals surface area contributed by atoms with Gasteiger partial charge in [-0.15, -0.1) is 11.3 Å². The van der Waals surface area contributed by atoms with E-state index in [-0.39, 0.29) is 0 Å². The molecule has 0 radical (unpaired) electrons. The number of aryl methyl sites for hydroxylation is 2. The van der Waals surface area contributed by atoms with Crippen molar-refractivity contribution >= 4 is 16.3 Å². The average molecular weight is 169 g/mol. The summed E-state index contributed by atoms with van der Waals surface area (Å²) in [6.45, 7) is 4.39. The standard InChI is InChI=1S/C9H15NS/c1-3-5-7-6-9(10)11-8(7)4-2/h6H,3-5,10H2,1-2H3. The molecule has 0 atom stereocenters. The van der Waals surface area contributed by atoms with Crippen LogP contribution in [0.1, 0.15) is 30.7 Å². The van der Waals surface area contributed by atoms with E-state index in [4.69, 9.17) is 5.73 Å². The SMILES string of the molecule is CCCc1cc(N)sc1CC. The van der Waals surface area contributed by atoms with Gasteiger partial charge in [0.1, 0.15) is 0 Å². The van der Waals surface area contributed by atoms with Gasteiger partial charge >= 0.3 is 0 Å². The average Bonchev–Trinajstić information content (AvgIpc) is 2.32. The molecule has 1 aromatic heterocycles. The molecule has 1 heterocycles. The summed E-state index contributed by atoms with van der Waals surface area (Å²) in [5.41, 5.74) is 7.16. The number of nitrogens with two attached hydrogens (primary N) is 1. The van der Waals surface area contributed by atoms with Gasteiger partial charge in [0.2, 0.25) is 0 Å². The van der Waals surface area contributed by atoms with E-state index in [1.54, 1.807) is 11.3 Å². The van der Waals surface area contributed by atoms with E-state index in [2.05, 4.69) is 19.9 Å². The highest BCUT2D eigenvalue weighted by atomic mass is 32.1. The monoisotopic (exact) mass is 169 g/mol. The van der Waals surface area contributed by atoms with E-state index in [1.165, 1.54) is 23.3 Å². The van der Waals surface area contributed by atoms with Gasteiger partial charge in [0, 0.05) is 4.88 Å². The second-order valence-electron chi connectivity index (χ2n) is 2.70. The molecular formula is C9H15NS.